The number of nitrogens with one attached hydrogen (secondary N) is 1. The molecular formula is C18H31BrN2O6. The molecule has 0 bridgehead atoms. The Bertz CT molecular complexity index is 555. The van der Waals surface area contributed by atoms with Crippen LogP contribution in [0.1, 0.15) is 60.8 Å². The molecule has 1 N–H and O–H groups in total. The predicted molar refractivity (Wildman–Crippen MR) is 103 cm³/mol. The summed E-state index contributed by atoms with van der Waals surface area (Å²) in [6.45, 7) is 10.2. The Morgan fingerprint density at radius 3 is 2.00 bits per heavy atom. The van der Waals surface area contributed by atoms with E-state index in [4.69, 9.17) is 14.2 Å². The fourth-order valence-electron chi connectivity index (χ4n) is 2.81. The van der Waals surface area contributed by atoms with Crippen LogP contribution < -0.4 is 5.43 Å². The molecule has 0 heterocycles. The molecule has 3 unspecified atom stereocenters. The molecule has 1 aliphatic carbocycles. The van der Waals surface area contributed by atoms with E-state index in [1.165, 1.54) is 7.11 Å². The topological polar surface area (TPSA) is 94.2 Å². The van der Waals surface area contributed by atoms with Gasteiger partial charge in [-0.1, -0.05) is 15.9 Å². The maximum atomic E-state index is 12.8. The van der Waals surface area contributed by atoms with Gasteiger partial charge in [-0.15, -0.1) is 0 Å². The molecule has 1 rings (SSSR count). The van der Waals surface area contributed by atoms with Gasteiger partial charge < -0.3 is 14.2 Å². The average molecular weight is 451 g/mol. The van der Waals surface area contributed by atoms with Gasteiger partial charge in [-0.2, -0.15) is 0 Å². The molecular weight excluding hydrogens is 420 g/mol. The van der Waals surface area contributed by atoms with Crippen LogP contribution in [0.4, 0.5) is 9.59 Å². The first-order valence-electron chi connectivity index (χ1n) is 8.97. The zero-order chi connectivity index (χ0) is 21.0. The number of esters is 1. The molecule has 156 valence electrons. The second kappa shape index (κ2) is 9.12. The average Bonchev–Trinajstić information content (AvgIpc) is 2.88. The molecule has 1 fully saturated rings. The van der Waals surface area contributed by atoms with Gasteiger partial charge in [0.05, 0.1) is 7.11 Å². The molecule has 1 aliphatic rings. The second-order valence-electron chi connectivity index (χ2n) is 8.60. The summed E-state index contributed by atoms with van der Waals surface area (Å²) in [6, 6.07) is -1.01. The first kappa shape index (κ1) is 23.5. The summed E-state index contributed by atoms with van der Waals surface area (Å²) in [6.07, 6.45) is 0.518. The highest BCUT2D eigenvalue weighted by Gasteiger charge is 2.43. The zero-order valence-corrected chi connectivity index (χ0v) is 18.7. The lowest BCUT2D eigenvalue weighted by molar-refractivity contribution is -0.150. The molecule has 0 radical (unpaired) electrons. The Hall–Kier alpha value is -1.51. The SMILES string of the molecule is COC(=O)C(C1CCC(Br)C1)N(NC(=O)OC(C)(C)C)C(=O)OC(C)(C)C. The summed E-state index contributed by atoms with van der Waals surface area (Å²) in [5.74, 6) is -0.812. The molecule has 0 aliphatic heterocycles. The van der Waals surface area contributed by atoms with Crippen LogP contribution in [0.3, 0.4) is 0 Å². The minimum atomic E-state index is -1.01. The molecule has 27 heavy (non-hydrogen) atoms. The van der Waals surface area contributed by atoms with Crippen molar-refractivity contribution < 1.29 is 28.6 Å². The molecule has 0 aromatic rings. The number of carbonyl (C=O) groups excluding carboxylic acids is 3. The van der Waals surface area contributed by atoms with Crippen LogP contribution in [0.5, 0.6) is 0 Å². The third-order valence-corrected chi connectivity index (χ3v) is 4.61. The number of methoxy groups -OCH3 is 1. The van der Waals surface area contributed by atoms with Gasteiger partial charge >= 0.3 is 18.2 Å². The first-order chi connectivity index (χ1) is 12.2. The maximum absolute atomic E-state index is 12.8. The van der Waals surface area contributed by atoms with Crippen LogP contribution >= 0.6 is 15.9 Å². The molecule has 0 spiro atoms. The summed E-state index contributed by atoms with van der Waals surface area (Å²) in [7, 11) is 1.25. The van der Waals surface area contributed by atoms with Crippen LogP contribution in [0.25, 0.3) is 0 Å². The number of hydrazine groups is 1. The first-order valence-corrected chi connectivity index (χ1v) is 9.89. The molecule has 0 aromatic heterocycles. The van der Waals surface area contributed by atoms with E-state index in [0.29, 0.717) is 12.8 Å². The Morgan fingerprint density at radius 2 is 1.59 bits per heavy atom. The summed E-state index contributed by atoms with van der Waals surface area (Å²) in [5.41, 5.74) is 0.813. The molecule has 3 atom stereocenters. The van der Waals surface area contributed by atoms with Gasteiger partial charge in [-0.25, -0.2) is 24.8 Å². The van der Waals surface area contributed by atoms with Crippen LogP contribution in [0.2, 0.25) is 0 Å². The van der Waals surface area contributed by atoms with E-state index in [2.05, 4.69) is 21.4 Å². The monoisotopic (exact) mass is 450 g/mol. The minimum absolute atomic E-state index is 0.190. The standard InChI is InChI=1S/C18H31BrN2O6/c1-17(2,3)26-15(23)20-21(16(24)27-18(4,5)6)13(14(22)25-7)11-8-9-12(19)10-11/h11-13H,8-10H2,1-7H3,(H,20,23). The number of alkyl halides is 1. The molecule has 0 aromatic carbocycles. The second-order valence-corrected chi connectivity index (χ2v) is 9.90. The highest BCUT2D eigenvalue weighted by Crippen LogP contribution is 2.35. The number of carbonyl (C=O) groups is 3. The van der Waals surface area contributed by atoms with E-state index in [9.17, 15) is 14.4 Å². The zero-order valence-electron chi connectivity index (χ0n) is 17.1. The van der Waals surface area contributed by atoms with Crippen LogP contribution in [0, 0.1) is 5.92 Å². The van der Waals surface area contributed by atoms with Crippen molar-refractivity contribution >= 4 is 34.1 Å². The fourth-order valence-corrected chi connectivity index (χ4v) is 3.56. The van der Waals surface area contributed by atoms with E-state index in [-0.39, 0.29) is 10.7 Å². The van der Waals surface area contributed by atoms with Crippen molar-refractivity contribution in [2.75, 3.05) is 7.11 Å². The van der Waals surface area contributed by atoms with Crippen molar-refractivity contribution in [1.82, 2.24) is 10.4 Å². The molecule has 9 heteroatoms. The van der Waals surface area contributed by atoms with Crippen molar-refractivity contribution in [3.63, 3.8) is 0 Å². The van der Waals surface area contributed by atoms with Gasteiger partial charge in [-0.05, 0) is 66.7 Å². The number of ether oxygens (including phenoxy) is 3. The number of nitrogens with zero attached hydrogens (tertiary/aromatic N) is 1. The number of rotatable bonds is 3. The number of amides is 2. The fraction of sp³-hybridized carbons (Fsp3) is 0.833. The van der Waals surface area contributed by atoms with Gasteiger partial charge in [0.15, 0.2) is 6.04 Å². The molecule has 2 amide bonds. The third kappa shape index (κ3) is 7.94. The lowest BCUT2D eigenvalue weighted by Gasteiger charge is -2.35. The van der Waals surface area contributed by atoms with Crippen LogP contribution in [0.15, 0.2) is 0 Å². The number of hydrogen-bond acceptors (Lipinski definition) is 6. The summed E-state index contributed by atoms with van der Waals surface area (Å²) >= 11 is 3.54. The third-order valence-electron chi connectivity index (χ3n) is 3.78. The summed E-state index contributed by atoms with van der Waals surface area (Å²) in [5, 5.41) is 0.904. The Morgan fingerprint density at radius 1 is 1.04 bits per heavy atom. The molecule has 0 saturated heterocycles. The van der Waals surface area contributed by atoms with E-state index < -0.39 is 35.4 Å². The van der Waals surface area contributed by atoms with Gasteiger partial charge in [-0.3, -0.25) is 0 Å². The van der Waals surface area contributed by atoms with E-state index >= 15 is 0 Å². The smallest absolute Gasteiger partial charge is 0.430 e. The van der Waals surface area contributed by atoms with Crippen molar-refractivity contribution in [3.8, 4) is 0 Å². The Balaban J connectivity index is 3.15. The number of halogens is 1. The van der Waals surface area contributed by atoms with E-state index in [0.717, 1.165) is 11.4 Å². The maximum Gasteiger partial charge on any atom is 0.430 e. The normalized spacial score (nSPS) is 21.2. The van der Waals surface area contributed by atoms with Crippen molar-refractivity contribution in [1.29, 1.82) is 0 Å². The van der Waals surface area contributed by atoms with Gasteiger partial charge in [0.25, 0.3) is 0 Å². The molecule has 1 saturated carbocycles. The lowest BCUT2D eigenvalue weighted by Crippen LogP contribution is -2.59. The highest BCUT2D eigenvalue weighted by molar-refractivity contribution is 9.09. The van der Waals surface area contributed by atoms with Gasteiger partial charge in [0.1, 0.15) is 11.2 Å². The Kier molecular flexibility index (Phi) is 7.95. The van der Waals surface area contributed by atoms with Crippen molar-refractivity contribution in [2.45, 2.75) is 82.9 Å². The lowest BCUT2D eigenvalue weighted by atomic mass is 9.98. The predicted octanol–water partition coefficient (Wildman–Crippen LogP) is 3.77. The Labute approximate surface area is 169 Å². The summed E-state index contributed by atoms with van der Waals surface area (Å²) in [4.78, 5) is 37.8. The van der Waals surface area contributed by atoms with E-state index in [1.54, 1.807) is 41.5 Å². The highest BCUT2D eigenvalue weighted by atomic mass is 79.9. The minimum Gasteiger partial charge on any atom is -0.467 e. The summed E-state index contributed by atoms with van der Waals surface area (Å²) < 4.78 is 15.5. The largest absolute Gasteiger partial charge is 0.467 e. The number of hydrogen-bond donors (Lipinski definition) is 1. The van der Waals surface area contributed by atoms with Crippen molar-refractivity contribution in [3.05, 3.63) is 0 Å². The van der Waals surface area contributed by atoms with Crippen LogP contribution in [-0.2, 0) is 19.0 Å². The molecule has 8 nitrogen and oxygen atoms in total. The van der Waals surface area contributed by atoms with E-state index in [1.807, 2.05) is 0 Å². The van der Waals surface area contributed by atoms with Gasteiger partial charge in [0, 0.05) is 4.83 Å². The van der Waals surface area contributed by atoms with Crippen molar-refractivity contribution in [2.24, 2.45) is 5.92 Å². The van der Waals surface area contributed by atoms with Gasteiger partial charge in [0.2, 0.25) is 0 Å². The quantitative estimate of drug-likeness (QED) is 0.304. The van der Waals surface area contributed by atoms with Crippen LogP contribution in [-0.4, -0.2) is 52.3 Å².